The van der Waals surface area contributed by atoms with Gasteiger partial charge in [-0.05, 0) is 29.8 Å². The minimum Gasteiger partial charge on any atom is -0.317 e. The van der Waals surface area contributed by atoms with E-state index in [4.69, 9.17) is 11.6 Å². The summed E-state index contributed by atoms with van der Waals surface area (Å²) in [6.45, 7) is 0. The quantitative estimate of drug-likeness (QED) is 0.734. The number of nitrogens with zero attached hydrogens (tertiary/aromatic N) is 4. The normalized spacial score (nSPS) is 17.6. The molecule has 0 saturated heterocycles. The molecule has 6 heteroatoms. The standard InChI is InChI=1S/C17H14ClN5/c1-23-10-13(17(22-23)11-3-2-6-19-8-11)12-7-15-14(20-9-12)4-5-16(18)21-15/h2-10,17,22H,1H3. The molecule has 0 bridgehead atoms. The molecule has 4 heterocycles. The van der Waals surface area contributed by atoms with Crippen LogP contribution in [-0.4, -0.2) is 27.0 Å². The summed E-state index contributed by atoms with van der Waals surface area (Å²) < 4.78 is 0. The molecule has 0 fully saturated rings. The second-order valence-corrected chi connectivity index (χ2v) is 5.83. The molecule has 4 rings (SSSR count). The van der Waals surface area contributed by atoms with Gasteiger partial charge in [0.25, 0.3) is 0 Å². The van der Waals surface area contributed by atoms with Crippen molar-refractivity contribution in [1.29, 1.82) is 0 Å². The van der Waals surface area contributed by atoms with Gasteiger partial charge in [-0.2, -0.15) is 0 Å². The van der Waals surface area contributed by atoms with E-state index in [1.807, 2.05) is 42.6 Å². The molecule has 1 N–H and O–H groups in total. The Kier molecular flexibility index (Phi) is 3.44. The fourth-order valence-electron chi connectivity index (χ4n) is 2.78. The number of halogens is 1. The molecule has 0 aliphatic carbocycles. The minimum atomic E-state index is 0.0344. The molecular formula is C17H14ClN5. The highest BCUT2D eigenvalue weighted by Crippen LogP contribution is 2.34. The fraction of sp³-hybridized carbons (Fsp3) is 0.118. The maximum Gasteiger partial charge on any atom is 0.129 e. The molecular weight excluding hydrogens is 310 g/mol. The Morgan fingerprint density at radius 3 is 2.91 bits per heavy atom. The maximum atomic E-state index is 6.00. The van der Waals surface area contributed by atoms with Crippen molar-refractivity contribution < 1.29 is 0 Å². The van der Waals surface area contributed by atoms with Crippen LogP contribution in [0.1, 0.15) is 17.2 Å². The van der Waals surface area contributed by atoms with Crippen LogP contribution < -0.4 is 5.43 Å². The van der Waals surface area contributed by atoms with E-state index in [1.165, 1.54) is 0 Å². The summed E-state index contributed by atoms with van der Waals surface area (Å²) in [5, 5.41) is 2.42. The lowest BCUT2D eigenvalue weighted by atomic mass is 9.97. The van der Waals surface area contributed by atoms with Crippen molar-refractivity contribution in [2.45, 2.75) is 6.04 Å². The Hall–Kier alpha value is -2.50. The average Bonchev–Trinajstić information content (AvgIpc) is 2.97. The van der Waals surface area contributed by atoms with Crippen LogP contribution in [0.5, 0.6) is 0 Å². The number of hydrogen-bond donors (Lipinski definition) is 1. The van der Waals surface area contributed by atoms with Gasteiger partial charge in [0, 0.05) is 43.0 Å². The number of aromatic nitrogens is 3. The third-order valence-electron chi connectivity index (χ3n) is 3.83. The van der Waals surface area contributed by atoms with Crippen LogP contribution in [-0.2, 0) is 0 Å². The van der Waals surface area contributed by atoms with Crippen molar-refractivity contribution >= 4 is 28.2 Å². The third kappa shape index (κ3) is 2.65. The molecule has 1 atom stereocenters. The monoisotopic (exact) mass is 323 g/mol. The first-order chi connectivity index (χ1) is 11.2. The highest BCUT2D eigenvalue weighted by atomic mass is 35.5. The number of hydrogen-bond acceptors (Lipinski definition) is 5. The second kappa shape index (κ2) is 5.61. The molecule has 114 valence electrons. The molecule has 23 heavy (non-hydrogen) atoms. The van der Waals surface area contributed by atoms with E-state index < -0.39 is 0 Å². The van der Waals surface area contributed by atoms with Crippen molar-refractivity contribution in [3.05, 3.63) is 71.4 Å². The number of pyridine rings is 3. The number of fused-ring (bicyclic) bond motifs is 1. The molecule has 1 unspecified atom stereocenters. The Labute approximate surface area is 138 Å². The summed E-state index contributed by atoms with van der Waals surface area (Å²) in [4.78, 5) is 13.1. The van der Waals surface area contributed by atoms with E-state index in [1.54, 1.807) is 12.3 Å². The maximum absolute atomic E-state index is 6.00. The Balaban J connectivity index is 1.80. The first-order valence-electron chi connectivity index (χ1n) is 7.24. The second-order valence-electron chi connectivity index (χ2n) is 5.44. The molecule has 0 spiro atoms. The van der Waals surface area contributed by atoms with E-state index in [0.29, 0.717) is 5.15 Å². The smallest absolute Gasteiger partial charge is 0.129 e. The van der Waals surface area contributed by atoms with E-state index in [9.17, 15) is 0 Å². The molecule has 0 saturated carbocycles. The molecule has 1 aliphatic heterocycles. The van der Waals surface area contributed by atoms with Crippen LogP contribution in [0.25, 0.3) is 16.6 Å². The summed E-state index contributed by atoms with van der Waals surface area (Å²) in [6, 6.07) is 9.67. The van der Waals surface area contributed by atoms with E-state index in [2.05, 4.69) is 32.6 Å². The van der Waals surface area contributed by atoms with Gasteiger partial charge >= 0.3 is 0 Å². The van der Waals surface area contributed by atoms with Crippen LogP contribution in [0.2, 0.25) is 5.15 Å². The van der Waals surface area contributed by atoms with Crippen LogP contribution >= 0.6 is 11.6 Å². The van der Waals surface area contributed by atoms with Gasteiger partial charge in [-0.3, -0.25) is 9.97 Å². The zero-order valence-corrected chi connectivity index (χ0v) is 13.2. The largest absolute Gasteiger partial charge is 0.317 e. The summed E-state index contributed by atoms with van der Waals surface area (Å²) in [7, 11) is 1.97. The lowest BCUT2D eigenvalue weighted by molar-refractivity contribution is 0.334. The van der Waals surface area contributed by atoms with Gasteiger partial charge in [-0.1, -0.05) is 17.7 Å². The van der Waals surface area contributed by atoms with Crippen LogP contribution in [0.3, 0.4) is 0 Å². The van der Waals surface area contributed by atoms with Crippen molar-refractivity contribution in [3.63, 3.8) is 0 Å². The Morgan fingerprint density at radius 2 is 2.09 bits per heavy atom. The summed E-state index contributed by atoms with van der Waals surface area (Å²) in [5.74, 6) is 0. The van der Waals surface area contributed by atoms with Gasteiger partial charge in [-0.15, -0.1) is 0 Å². The lowest BCUT2D eigenvalue weighted by Crippen LogP contribution is -2.27. The zero-order valence-electron chi connectivity index (χ0n) is 12.4. The van der Waals surface area contributed by atoms with Crippen LogP contribution in [0.15, 0.2) is 55.1 Å². The van der Waals surface area contributed by atoms with Crippen molar-refractivity contribution in [1.82, 2.24) is 25.4 Å². The van der Waals surface area contributed by atoms with E-state index in [0.717, 1.165) is 27.7 Å². The van der Waals surface area contributed by atoms with Crippen LogP contribution in [0.4, 0.5) is 0 Å². The summed E-state index contributed by atoms with van der Waals surface area (Å²) in [6.07, 6.45) is 7.57. The van der Waals surface area contributed by atoms with Gasteiger partial charge in [0.1, 0.15) is 5.15 Å². The lowest BCUT2D eigenvalue weighted by Gasteiger charge is -2.17. The predicted molar refractivity (Wildman–Crippen MR) is 90.4 cm³/mol. The minimum absolute atomic E-state index is 0.0344. The van der Waals surface area contributed by atoms with Gasteiger partial charge in [0.15, 0.2) is 0 Å². The van der Waals surface area contributed by atoms with E-state index in [-0.39, 0.29) is 6.04 Å². The molecule has 1 aliphatic rings. The van der Waals surface area contributed by atoms with Gasteiger partial charge in [0.05, 0.1) is 17.1 Å². The topological polar surface area (TPSA) is 53.9 Å². The SMILES string of the molecule is CN1C=C(c2cnc3ccc(Cl)nc3c2)C(c2cccnc2)N1. The van der Waals surface area contributed by atoms with E-state index >= 15 is 0 Å². The Bertz CT molecular complexity index is 894. The molecule has 0 radical (unpaired) electrons. The number of hydrazine groups is 1. The molecule has 0 aromatic carbocycles. The first-order valence-corrected chi connectivity index (χ1v) is 7.62. The third-order valence-corrected chi connectivity index (χ3v) is 4.04. The molecule has 3 aromatic heterocycles. The highest BCUT2D eigenvalue weighted by Gasteiger charge is 2.25. The van der Waals surface area contributed by atoms with Gasteiger partial charge in [0.2, 0.25) is 0 Å². The van der Waals surface area contributed by atoms with Crippen molar-refractivity contribution in [2.24, 2.45) is 0 Å². The van der Waals surface area contributed by atoms with Gasteiger partial charge < -0.3 is 5.01 Å². The van der Waals surface area contributed by atoms with Gasteiger partial charge in [-0.25, -0.2) is 10.4 Å². The van der Waals surface area contributed by atoms with Crippen molar-refractivity contribution in [3.8, 4) is 0 Å². The van der Waals surface area contributed by atoms with Crippen molar-refractivity contribution in [2.75, 3.05) is 7.05 Å². The molecule has 0 amide bonds. The number of nitrogens with one attached hydrogen (secondary N) is 1. The first kappa shape index (κ1) is 14.1. The average molecular weight is 324 g/mol. The zero-order chi connectivity index (χ0) is 15.8. The molecule has 5 nitrogen and oxygen atoms in total. The fourth-order valence-corrected chi connectivity index (χ4v) is 2.93. The Morgan fingerprint density at radius 1 is 1.17 bits per heavy atom. The predicted octanol–water partition coefficient (Wildman–Crippen LogP) is 3.21. The summed E-state index contributed by atoms with van der Waals surface area (Å²) >= 11 is 6.00. The van der Waals surface area contributed by atoms with Crippen LogP contribution in [0, 0.1) is 0 Å². The number of rotatable bonds is 2. The molecule has 3 aromatic rings. The highest BCUT2D eigenvalue weighted by molar-refractivity contribution is 6.29. The summed E-state index contributed by atoms with van der Waals surface area (Å²) in [5.41, 5.74) is 8.25.